The molecule has 2 rings (SSSR count). The molecular weight excluding hydrogens is 234 g/mol. The fourth-order valence-corrected chi connectivity index (χ4v) is 2.21. The van der Waals surface area contributed by atoms with Crippen LogP contribution in [0.2, 0.25) is 0 Å². The highest BCUT2D eigenvalue weighted by molar-refractivity contribution is 5.99. The minimum absolute atomic E-state index is 0.131. The van der Waals surface area contributed by atoms with Gasteiger partial charge in [-0.1, -0.05) is 0 Å². The molecule has 0 unspecified atom stereocenters. The summed E-state index contributed by atoms with van der Waals surface area (Å²) < 4.78 is 0. The van der Waals surface area contributed by atoms with Crippen LogP contribution in [-0.4, -0.2) is 33.9 Å². The SMILES string of the molecule is Cc1[nH]c(=O)nc(NN)c1C(=O)N1CCCCC1. The van der Waals surface area contributed by atoms with Gasteiger partial charge in [0.15, 0.2) is 5.82 Å². The lowest BCUT2D eigenvalue weighted by Crippen LogP contribution is -2.37. The third-order valence-corrected chi connectivity index (χ3v) is 3.11. The van der Waals surface area contributed by atoms with Crippen molar-refractivity contribution < 1.29 is 4.79 Å². The molecule has 0 saturated carbocycles. The number of aromatic nitrogens is 2. The van der Waals surface area contributed by atoms with E-state index in [1.54, 1.807) is 11.8 Å². The van der Waals surface area contributed by atoms with E-state index in [1.807, 2.05) is 0 Å². The number of nitrogens with two attached hydrogens (primary N) is 1. The Morgan fingerprint density at radius 2 is 2.06 bits per heavy atom. The second-order valence-electron chi connectivity index (χ2n) is 4.39. The van der Waals surface area contributed by atoms with Gasteiger partial charge >= 0.3 is 5.69 Å². The highest BCUT2D eigenvalue weighted by Crippen LogP contribution is 2.18. The van der Waals surface area contributed by atoms with Crippen LogP contribution < -0.4 is 17.0 Å². The van der Waals surface area contributed by atoms with Gasteiger partial charge in [0.25, 0.3) is 5.91 Å². The molecule has 1 aromatic rings. The summed E-state index contributed by atoms with van der Waals surface area (Å²) >= 11 is 0. The number of H-pyrrole nitrogens is 1. The average molecular weight is 251 g/mol. The van der Waals surface area contributed by atoms with Gasteiger partial charge in [0.1, 0.15) is 5.56 Å². The first-order valence-electron chi connectivity index (χ1n) is 6.00. The second kappa shape index (κ2) is 5.18. The Kier molecular flexibility index (Phi) is 3.61. The number of nitrogens with one attached hydrogen (secondary N) is 2. The molecule has 0 bridgehead atoms. The second-order valence-corrected chi connectivity index (χ2v) is 4.39. The van der Waals surface area contributed by atoms with Gasteiger partial charge in [-0.05, 0) is 26.2 Å². The van der Waals surface area contributed by atoms with Crippen LogP contribution >= 0.6 is 0 Å². The molecule has 7 heteroatoms. The minimum Gasteiger partial charge on any atom is -0.338 e. The van der Waals surface area contributed by atoms with Gasteiger partial charge in [-0.25, -0.2) is 10.6 Å². The first kappa shape index (κ1) is 12.6. The van der Waals surface area contributed by atoms with Crippen molar-refractivity contribution in [2.75, 3.05) is 18.5 Å². The molecule has 1 saturated heterocycles. The van der Waals surface area contributed by atoms with Crippen molar-refractivity contribution in [3.05, 3.63) is 21.7 Å². The third-order valence-electron chi connectivity index (χ3n) is 3.11. The highest BCUT2D eigenvalue weighted by Gasteiger charge is 2.23. The van der Waals surface area contributed by atoms with Gasteiger partial charge in [-0.2, -0.15) is 4.98 Å². The molecule has 0 aliphatic carbocycles. The number of hydrogen-bond donors (Lipinski definition) is 3. The van der Waals surface area contributed by atoms with E-state index in [1.165, 1.54) is 0 Å². The van der Waals surface area contributed by atoms with Crippen molar-refractivity contribution in [3.63, 3.8) is 0 Å². The van der Waals surface area contributed by atoms with Crippen LogP contribution in [0.15, 0.2) is 4.79 Å². The number of aromatic amines is 1. The van der Waals surface area contributed by atoms with E-state index >= 15 is 0 Å². The number of likely N-dealkylation sites (tertiary alicyclic amines) is 1. The molecule has 0 atom stereocenters. The van der Waals surface area contributed by atoms with Crippen molar-refractivity contribution in [2.45, 2.75) is 26.2 Å². The Balaban J connectivity index is 2.37. The van der Waals surface area contributed by atoms with E-state index in [4.69, 9.17) is 5.84 Å². The molecule has 0 spiro atoms. The Hall–Kier alpha value is -1.89. The fraction of sp³-hybridized carbons (Fsp3) is 0.545. The van der Waals surface area contributed by atoms with Crippen molar-refractivity contribution in [1.82, 2.24) is 14.9 Å². The maximum atomic E-state index is 12.4. The van der Waals surface area contributed by atoms with Crippen LogP contribution in [-0.2, 0) is 0 Å². The van der Waals surface area contributed by atoms with Gasteiger partial charge in [-0.3, -0.25) is 4.79 Å². The number of anilines is 1. The van der Waals surface area contributed by atoms with E-state index in [9.17, 15) is 9.59 Å². The molecule has 18 heavy (non-hydrogen) atoms. The van der Waals surface area contributed by atoms with Crippen LogP contribution in [0.25, 0.3) is 0 Å². The summed E-state index contributed by atoms with van der Waals surface area (Å²) in [6.07, 6.45) is 3.16. The predicted molar refractivity (Wildman–Crippen MR) is 67.2 cm³/mol. The van der Waals surface area contributed by atoms with Crippen LogP contribution in [0.1, 0.15) is 35.3 Å². The standard InChI is InChI=1S/C11H17N5O2/c1-7-8(9(15-12)14-11(18)13-7)10(17)16-5-3-2-4-6-16/h2-6,12H2,1H3,(H2,13,14,15,18). The molecule has 1 aromatic heterocycles. The lowest BCUT2D eigenvalue weighted by Gasteiger charge is -2.27. The summed E-state index contributed by atoms with van der Waals surface area (Å²) in [7, 11) is 0. The molecule has 1 aliphatic rings. The predicted octanol–water partition coefficient (Wildman–Crippen LogP) is -0.00998. The normalized spacial score (nSPS) is 15.6. The molecule has 4 N–H and O–H groups in total. The van der Waals surface area contributed by atoms with Gasteiger partial charge in [0.05, 0.1) is 0 Å². The molecule has 0 radical (unpaired) electrons. The van der Waals surface area contributed by atoms with E-state index in [2.05, 4.69) is 15.4 Å². The Morgan fingerprint density at radius 1 is 1.39 bits per heavy atom. The average Bonchev–Trinajstić information content (AvgIpc) is 2.38. The third kappa shape index (κ3) is 2.35. The molecule has 0 aromatic carbocycles. The Morgan fingerprint density at radius 3 is 2.67 bits per heavy atom. The maximum Gasteiger partial charge on any atom is 0.347 e. The molecule has 2 heterocycles. The first-order chi connectivity index (χ1) is 8.63. The van der Waals surface area contributed by atoms with Crippen molar-refractivity contribution in [2.24, 2.45) is 5.84 Å². The Bertz CT molecular complexity index is 505. The zero-order valence-electron chi connectivity index (χ0n) is 10.3. The number of rotatable bonds is 2. The first-order valence-corrected chi connectivity index (χ1v) is 6.00. The van der Waals surface area contributed by atoms with Gasteiger partial charge in [0.2, 0.25) is 0 Å². The molecule has 98 valence electrons. The number of piperidine rings is 1. The molecular formula is C11H17N5O2. The number of hydrogen-bond acceptors (Lipinski definition) is 5. The minimum atomic E-state index is -0.518. The Labute approximate surface area is 104 Å². The summed E-state index contributed by atoms with van der Waals surface area (Å²) in [5.41, 5.74) is 2.63. The number of aryl methyl sites for hydroxylation is 1. The maximum absolute atomic E-state index is 12.4. The number of amides is 1. The summed E-state index contributed by atoms with van der Waals surface area (Å²) in [6.45, 7) is 3.14. The molecule has 1 aliphatic heterocycles. The zero-order valence-corrected chi connectivity index (χ0v) is 10.3. The van der Waals surface area contributed by atoms with Gasteiger partial charge in [0, 0.05) is 18.8 Å². The van der Waals surface area contributed by atoms with Crippen LogP contribution in [0.4, 0.5) is 5.82 Å². The monoisotopic (exact) mass is 251 g/mol. The molecule has 1 fully saturated rings. The zero-order chi connectivity index (χ0) is 13.1. The van der Waals surface area contributed by atoms with E-state index in [0.717, 1.165) is 32.4 Å². The summed E-state index contributed by atoms with van der Waals surface area (Å²) in [5.74, 6) is 5.32. The fourth-order valence-electron chi connectivity index (χ4n) is 2.21. The number of hydrazine groups is 1. The number of carbonyl (C=O) groups excluding carboxylic acids is 1. The van der Waals surface area contributed by atoms with Crippen LogP contribution in [0.5, 0.6) is 0 Å². The number of carbonyl (C=O) groups is 1. The van der Waals surface area contributed by atoms with Crippen molar-refractivity contribution >= 4 is 11.7 Å². The smallest absolute Gasteiger partial charge is 0.338 e. The molecule has 7 nitrogen and oxygen atoms in total. The van der Waals surface area contributed by atoms with Crippen LogP contribution in [0, 0.1) is 6.92 Å². The largest absolute Gasteiger partial charge is 0.347 e. The quantitative estimate of drug-likeness (QED) is 0.506. The van der Waals surface area contributed by atoms with Crippen molar-refractivity contribution in [1.29, 1.82) is 0 Å². The lowest BCUT2D eigenvalue weighted by atomic mass is 10.1. The summed E-state index contributed by atoms with van der Waals surface area (Å²) in [6, 6.07) is 0. The van der Waals surface area contributed by atoms with E-state index in [-0.39, 0.29) is 11.7 Å². The summed E-state index contributed by atoms with van der Waals surface area (Å²) in [5, 5.41) is 0. The van der Waals surface area contributed by atoms with Gasteiger partial charge in [-0.15, -0.1) is 0 Å². The lowest BCUT2D eigenvalue weighted by molar-refractivity contribution is 0.0723. The van der Waals surface area contributed by atoms with E-state index in [0.29, 0.717) is 11.3 Å². The highest BCUT2D eigenvalue weighted by atomic mass is 16.2. The number of nitrogen functional groups attached to an aromatic ring is 1. The topological polar surface area (TPSA) is 104 Å². The van der Waals surface area contributed by atoms with Crippen LogP contribution in [0.3, 0.4) is 0 Å². The molecule has 1 amide bonds. The number of nitrogens with zero attached hydrogens (tertiary/aromatic N) is 2. The van der Waals surface area contributed by atoms with Crippen molar-refractivity contribution in [3.8, 4) is 0 Å². The van der Waals surface area contributed by atoms with E-state index < -0.39 is 5.69 Å². The van der Waals surface area contributed by atoms with Gasteiger partial charge < -0.3 is 15.3 Å². The summed E-state index contributed by atoms with van der Waals surface area (Å²) in [4.78, 5) is 31.6.